The molecule has 0 saturated heterocycles. The van der Waals surface area contributed by atoms with Crippen molar-refractivity contribution >= 4 is 21.9 Å². The molecule has 0 amide bonds. The molecule has 3 aromatic carbocycles. The highest BCUT2D eigenvalue weighted by atomic mass is 16.3. The number of aromatic amines is 1. The number of benzene rings is 3. The molecule has 0 aliphatic heterocycles. The second-order valence-corrected chi connectivity index (χ2v) is 6.65. The summed E-state index contributed by atoms with van der Waals surface area (Å²) in [6.45, 7) is 0. The maximum Gasteiger partial charge on any atom is 0.196 e. The predicted molar refractivity (Wildman–Crippen MR) is 109 cm³/mol. The number of fused-ring (bicyclic) bond motifs is 2. The fourth-order valence-corrected chi connectivity index (χ4v) is 3.67. The lowest BCUT2D eigenvalue weighted by molar-refractivity contribution is 0.595. The molecular weight excluding hydrogens is 334 g/mol. The lowest BCUT2D eigenvalue weighted by Crippen LogP contribution is -2.09. The number of H-pyrrole nitrogens is 1. The Balaban J connectivity index is 1.72. The third-order valence-corrected chi connectivity index (χ3v) is 4.99. The van der Waals surface area contributed by atoms with Gasteiger partial charge in [0.15, 0.2) is 5.43 Å². The number of hydrogen-bond acceptors (Lipinski definition) is 2. The van der Waals surface area contributed by atoms with Crippen LogP contribution in [0.1, 0.15) is 11.1 Å². The second kappa shape index (κ2) is 6.29. The van der Waals surface area contributed by atoms with Gasteiger partial charge in [0.2, 0.25) is 0 Å². The van der Waals surface area contributed by atoms with Crippen molar-refractivity contribution in [2.75, 3.05) is 0 Å². The van der Waals surface area contributed by atoms with Gasteiger partial charge < -0.3 is 9.40 Å². The van der Waals surface area contributed by atoms with Crippen LogP contribution in [0.25, 0.3) is 33.1 Å². The number of hydrogen-bond donors (Lipinski definition) is 1. The maximum atomic E-state index is 13.0. The van der Waals surface area contributed by atoms with E-state index in [4.69, 9.17) is 4.42 Å². The number of nitrogens with one attached hydrogen (secondary N) is 1. The van der Waals surface area contributed by atoms with E-state index in [0.29, 0.717) is 23.0 Å². The van der Waals surface area contributed by atoms with E-state index in [-0.39, 0.29) is 5.43 Å². The van der Waals surface area contributed by atoms with Crippen molar-refractivity contribution in [3.63, 3.8) is 0 Å². The van der Waals surface area contributed by atoms with Crippen LogP contribution >= 0.6 is 0 Å². The van der Waals surface area contributed by atoms with Crippen LogP contribution in [-0.2, 0) is 6.42 Å². The first-order valence-electron chi connectivity index (χ1n) is 8.96. The van der Waals surface area contributed by atoms with Crippen molar-refractivity contribution in [1.82, 2.24) is 4.98 Å². The van der Waals surface area contributed by atoms with Gasteiger partial charge in [0.05, 0.1) is 17.3 Å². The Morgan fingerprint density at radius 1 is 0.778 bits per heavy atom. The minimum atomic E-state index is 0.0288. The normalized spacial score (nSPS) is 11.3. The van der Waals surface area contributed by atoms with Gasteiger partial charge in [-0.15, -0.1) is 0 Å². The molecule has 0 atom stereocenters. The topological polar surface area (TPSA) is 46.0 Å². The van der Waals surface area contributed by atoms with E-state index in [1.165, 1.54) is 0 Å². The third-order valence-electron chi connectivity index (χ3n) is 4.99. The molecule has 0 fully saturated rings. The minimum absolute atomic E-state index is 0.0288. The van der Waals surface area contributed by atoms with Crippen molar-refractivity contribution in [2.24, 2.45) is 0 Å². The third kappa shape index (κ3) is 2.64. The van der Waals surface area contributed by atoms with E-state index >= 15 is 0 Å². The Morgan fingerprint density at radius 2 is 1.48 bits per heavy atom. The van der Waals surface area contributed by atoms with Crippen LogP contribution in [-0.4, -0.2) is 4.98 Å². The molecular formula is C24H17NO2. The highest BCUT2D eigenvalue weighted by molar-refractivity contribution is 5.91. The fraction of sp³-hybridized carbons (Fsp3) is 0.0417. The van der Waals surface area contributed by atoms with Crippen molar-refractivity contribution in [3.05, 3.63) is 106 Å². The summed E-state index contributed by atoms with van der Waals surface area (Å²) >= 11 is 0. The fourth-order valence-electron chi connectivity index (χ4n) is 3.67. The van der Waals surface area contributed by atoms with Crippen LogP contribution in [0.4, 0.5) is 0 Å². The lowest BCUT2D eigenvalue weighted by atomic mass is 9.98. The summed E-state index contributed by atoms with van der Waals surface area (Å²) in [6, 6.07) is 25.8. The highest BCUT2D eigenvalue weighted by Crippen LogP contribution is 2.31. The van der Waals surface area contributed by atoms with E-state index in [2.05, 4.69) is 29.2 Å². The van der Waals surface area contributed by atoms with Crippen LogP contribution in [0.15, 0.2) is 94.3 Å². The van der Waals surface area contributed by atoms with Crippen molar-refractivity contribution in [2.45, 2.75) is 6.42 Å². The zero-order chi connectivity index (χ0) is 18.2. The summed E-state index contributed by atoms with van der Waals surface area (Å²) < 4.78 is 5.72. The molecule has 3 heteroatoms. The zero-order valence-electron chi connectivity index (χ0n) is 14.6. The van der Waals surface area contributed by atoms with Gasteiger partial charge in [0.1, 0.15) is 5.58 Å². The number of rotatable bonds is 3. The zero-order valence-corrected chi connectivity index (χ0v) is 14.6. The molecule has 130 valence electrons. The van der Waals surface area contributed by atoms with Gasteiger partial charge in [-0.1, -0.05) is 60.7 Å². The van der Waals surface area contributed by atoms with Crippen molar-refractivity contribution in [1.29, 1.82) is 0 Å². The van der Waals surface area contributed by atoms with Crippen LogP contribution in [0.3, 0.4) is 0 Å². The standard InChI is InChI=1S/C24H17NO2/c26-24-17(15-27-22-13-7-5-11-19(22)24)14-20-18-10-4-6-12-21(18)25-23(20)16-8-2-1-3-9-16/h1-13,15,25H,14H2. The highest BCUT2D eigenvalue weighted by Gasteiger charge is 2.16. The Hall–Kier alpha value is -3.59. The second-order valence-electron chi connectivity index (χ2n) is 6.65. The average molecular weight is 351 g/mol. The molecule has 0 saturated carbocycles. The molecule has 0 aliphatic rings. The Bertz CT molecular complexity index is 1310. The molecule has 2 aromatic heterocycles. The quantitative estimate of drug-likeness (QED) is 0.464. The van der Waals surface area contributed by atoms with Gasteiger partial charge >= 0.3 is 0 Å². The Morgan fingerprint density at radius 3 is 2.33 bits per heavy atom. The van der Waals surface area contributed by atoms with Gasteiger partial charge in [-0.25, -0.2) is 0 Å². The smallest absolute Gasteiger partial charge is 0.196 e. The monoisotopic (exact) mass is 351 g/mol. The molecule has 27 heavy (non-hydrogen) atoms. The van der Waals surface area contributed by atoms with E-state index in [1.54, 1.807) is 6.26 Å². The van der Waals surface area contributed by atoms with Crippen LogP contribution in [0.2, 0.25) is 0 Å². The van der Waals surface area contributed by atoms with Gasteiger partial charge in [0, 0.05) is 22.9 Å². The number of para-hydroxylation sites is 2. The van der Waals surface area contributed by atoms with E-state index < -0.39 is 0 Å². The molecule has 0 radical (unpaired) electrons. The molecule has 0 spiro atoms. The summed E-state index contributed by atoms with van der Waals surface area (Å²) in [5, 5.41) is 1.75. The van der Waals surface area contributed by atoms with Gasteiger partial charge in [-0.3, -0.25) is 4.79 Å². The molecule has 0 bridgehead atoms. The van der Waals surface area contributed by atoms with E-state index in [1.807, 2.05) is 54.6 Å². The molecule has 5 rings (SSSR count). The van der Waals surface area contributed by atoms with E-state index in [9.17, 15) is 4.79 Å². The molecule has 5 aromatic rings. The first-order valence-corrected chi connectivity index (χ1v) is 8.96. The predicted octanol–water partition coefficient (Wildman–Crippen LogP) is 5.53. The number of aromatic nitrogens is 1. The first kappa shape index (κ1) is 15.6. The minimum Gasteiger partial charge on any atom is -0.464 e. The lowest BCUT2D eigenvalue weighted by Gasteiger charge is -2.06. The van der Waals surface area contributed by atoms with Gasteiger partial charge in [-0.2, -0.15) is 0 Å². The molecule has 3 nitrogen and oxygen atoms in total. The Kier molecular flexibility index (Phi) is 3.65. The SMILES string of the molecule is O=c1c(Cc2c(-c3ccccc3)[nH]c3ccccc23)coc2ccccc12. The summed E-state index contributed by atoms with van der Waals surface area (Å²) in [5.74, 6) is 0. The van der Waals surface area contributed by atoms with Crippen molar-refractivity contribution in [3.8, 4) is 11.3 Å². The van der Waals surface area contributed by atoms with Gasteiger partial charge in [0.25, 0.3) is 0 Å². The largest absolute Gasteiger partial charge is 0.464 e. The molecule has 0 unspecified atom stereocenters. The van der Waals surface area contributed by atoms with E-state index in [0.717, 1.165) is 27.7 Å². The first-order chi connectivity index (χ1) is 13.3. The Labute approximate surface area is 155 Å². The summed E-state index contributed by atoms with van der Waals surface area (Å²) in [6.07, 6.45) is 2.11. The molecule has 0 aliphatic carbocycles. The average Bonchev–Trinajstić information content (AvgIpc) is 3.09. The van der Waals surface area contributed by atoms with Crippen molar-refractivity contribution < 1.29 is 4.42 Å². The van der Waals surface area contributed by atoms with Gasteiger partial charge in [-0.05, 0) is 29.3 Å². The summed E-state index contributed by atoms with van der Waals surface area (Å²) in [4.78, 5) is 16.5. The summed E-state index contributed by atoms with van der Waals surface area (Å²) in [5.41, 5.74) is 5.64. The molecule has 1 N–H and O–H groups in total. The summed E-state index contributed by atoms with van der Waals surface area (Å²) in [7, 11) is 0. The van der Waals surface area contributed by atoms with Crippen LogP contribution < -0.4 is 5.43 Å². The van der Waals surface area contributed by atoms with Crippen LogP contribution in [0, 0.1) is 0 Å². The van der Waals surface area contributed by atoms with Crippen LogP contribution in [0.5, 0.6) is 0 Å². The molecule has 2 heterocycles. The maximum absolute atomic E-state index is 13.0.